The molecule has 0 amide bonds. The molecule has 0 radical (unpaired) electrons. The van der Waals surface area contributed by atoms with Crippen LogP contribution in [0.15, 0.2) is 18.2 Å². The van der Waals surface area contributed by atoms with E-state index in [9.17, 15) is 8.60 Å². The fourth-order valence-electron chi connectivity index (χ4n) is 1.13. The summed E-state index contributed by atoms with van der Waals surface area (Å²) < 4.78 is 24.3. The second-order valence-electron chi connectivity index (χ2n) is 3.18. The van der Waals surface area contributed by atoms with Crippen LogP contribution < -0.4 is 5.73 Å². The normalized spacial score (nSPS) is 12.7. The van der Waals surface area contributed by atoms with Crippen LogP contribution in [0.4, 0.5) is 4.39 Å². The van der Waals surface area contributed by atoms with Gasteiger partial charge in [0.05, 0.1) is 5.02 Å². The third-order valence-corrected chi connectivity index (χ3v) is 3.58. The van der Waals surface area contributed by atoms with Gasteiger partial charge in [-0.1, -0.05) is 17.7 Å². The molecule has 1 aromatic rings. The zero-order valence-corrected chi connectivity index (χ0v) is 9.78. The summed E-state index contributed by atoms with van der Waals surface area (Å²) in [5, 5.41) is 0.0725. The van der Waals surface area contributed by atoms with Gasteiger partial charge in [0, 0.05) is 22.3 Å². The van der Waals surface area contributed by atoms with E-state index in [0.29, 0.717) is 18.1 Å². The maximum atomic E-state index is 12.8. The Labute approximate surface area is 96.1 Å². The van der Waals surface area contributed by atoms with Crippen molar-refractivity contribution >= 4 is 22.4 Å². The van der Waals surface area contributed by atoms with E-state index in [1.54, 1.807) is 6.07 Å². The first-order chi connectivity index (χ1) is 7.13. The highest BCUT2D eigenvalue weighted by Crippen LogP contribution is 2.17. The fraction of sp³-hybridized carbons (Fsp3) is 0.400. The average Bonchev–Trinajstić information content (AvgIpc) is 2.20. The molecule has 0 fully saturated rings. The third-order valence-electron chi connectivity index (χ3n) is 1.89. The zero-order valence-electron chi connectivity index (χ0n) is 8.21. The molecule has 84 valence electrons. The molecule has 0 heterocycles. The molecule has 0 aromatic heterocycles. The highest BCUT2D eigenvalue weighted by molar-refractivity contribution is 7.84. The lowest BCUT2D eigenvalue weighted by atomic mass is 10.2. The third kappa shape index (κ3) is 4.28. The number of hydrogen-bond donors (Lipinski definition) is 1. The van der Waals surface area contributed by atoms with Crippen LogP contribution in [0.25, 0.3) is 0 Å². The molecule has 0 bridgehead atoms. The Morgan fingerprint density at radius 1 is 1.47 bits per heavy atom. The Bertz CT molecular complexity index is 359. The van der Waals surface area contributed by atoms with Gasteiger partial charge in [0.1, 0.15) is 5.82 Å². The lowest BCUT2D eigenvalue weighted by Gasteiger charge is -2.02. The van der Waals surface area contributed by atoms with Gasteiger partial charge in [-0.25, -0.2) is 4.39 Å². The molecular weight excluding hydrogens is 237 g/mol. The summed E-state index contributed by atoms with van der Waals surface area (Å²) in [5.41, 5.74) is 6.10. The van der Waals surface area contributed by atoms with Gasteiger partial charge in [-0.3, -0.25) is 4.21 Å². The van der Waals surface area contributed by atoms with Crippen molar-refractivity contribution in [2.45, 2.75) is 12.2 Å². The van der Waals surface area contributed by atoms with Crippen molar-refractivity contribution in [1.29, 1.82) is 0 Å². The van der Waals surface area contributed by atoms with Gasteiger partial charge in [-0.05, 0) is 30.7 Å². The van der Waals surface area contributed by atoms with Crippen LogP contribution >= 0.6 is 11.6 Å². The molecular formula is C10H13ClFNOS. The van der Waals surface area contributed by atoms with E-state index in [1.807, 2.05) is 0 Å². The van der Waals surface area contributed by atoms with Gasteiger partial charge >= 0.3 is 0 Å². The molecule has 0 saturated carbocycles. The Kier molecular flexibility index (Phi) is 5.22. The van der Waals surface area contributed by atoms with Gasteiger partial charge in [0.2, 0.25) is 0 Å². The van der Waals surface area contributed by atoms with Gasteiger partial charge in [-0.15, -0.1) is 0 Å². The second kappa shape index (κ2) is 6.20. The summed E-state index contributed by atoms with van der Waals surface area (Å²) in [4.78, 5) is 0. The van der Waals surface area contributed by atoms with Crippen LogP contribution in [0.1, 0.15) is 12.0 Å². The fourth-order valence-corrected chi connectivity index (χ4v) is 2.52. The van der Waals surface area contributed by atoms with Crippen molar-refractivity contribution in [3.8, 4) is 0 Å². The van der Waals surface area contributed by atoms with Crippen LogP contribution in [0, 0.1) is 5.82 Å². The van der Waals surface area contributed by atoms with Crippen LogP contribution in [0.5, 0.6) is 0 Å². The first-order valence-corrected chi connectivity index (χ1v) is 6.49. The zero-order chi connectivity index (χ0) is 11.3. The van der Waals surface area contributed by atoms with E-state index in [1.165, 1.54) is 12.1 Å². The minimum atomic E-state index is -0.947. The standard InChI is InChI=1S/C10H13ClFNOS/c11-9-6-8(2-3-10(9)12)7-15(14)5-1-4-13/h2-3,6H,1,4-5,7,13H2. The minimum absolute atomic E-state index is 0.0725. The quantitative estimate of drug-likeness (QED) is 0.868. The van der Waals surface area contributed by atoms with Crippen molar-refractivity contribution < 1.29 is 8.60 Å². The van der Waals surface area contributed by atoms with Crippen LogP contribution in [-0.4, -0.2) is 16.5 Å². The van der Waals surface area contributed by atoms with Gasteiger partial charge in [0.15, 0.2) is 0 Å². The Morgan fingerprint density at radius 3 is 2.80 bits per heavy atom. The van der Waals surface area contributed by atoms with E-state index in [0.717, 1.165) is 12.0 Å². The predicted molar refractivity (Wildman–Crippen MR) is 61.8 cm³/mol. The first-order valence-electron chi connectivity index (χ1n) is 4.62. The van der Waals surface area contributed by atoms with Crippen LogP contribution in [-0.2, 0) is 16.6 Å². The van der Waals surface area contributed by atoms with Crippen LogP contribution in [0.2, 0.25) is 5.02 Å². The molecule has 0 aliphatic rings. The molecule has 15 heavy (non-hydrogen) atoms. The van der Waals surface area contributed by atoms with Gasteiger partial charge in [-0.2, -0.15) is 0 Å². The molecule has 5 heteroatoms. The lowest BCUT2D eigenvalue weighted by molar-refractivity contribution is 0.627. The number of halogens is 2. The maximum Gasteiger partial charge on any atom is 0.141 e. The van der Waals surface area contributed by atoms with Crippen molar-refractivity contribution in [3.63, 3.8) is 0 Å². The SMILES string of the molecule is NCCCS(=O)Cc1ccc(F)c(Cl)c1. The molecule has 1 rings (SSSR count). The first kappa shape index (κ1) is 12.6. The van der Waals surface area contributed by atoms with Crippen molar-refractivity contribution in [2.75, 3.05) is 12.3 Å². The molecule has 0 aliphatic heterocycles. The molecule has 2 nitrogen and oxygen atoms in total. The average molecular weight is 250 g/mol. The van der Waals surface area contributed by atoms with Gasteiger partial charge in [0.25, 0.3) is 0 Å². The van der Waals surface area contributed by atoms with Gasteiger partial charge < -0.3 is 5.73 Å². The lowest BCUT2D eigenvalue weighted by Crippen LogP contribution is -2.07. The number of hydrogen-bond acceptors (Lipinski definition) is 2. The Morgan fingerprint density at radius 2 is 2.20 bits per heavy atom. The molecule has 2 N–H and O–H groups in total. The van der Waals surface area contributed by atoms with E-state index < -0.39 is 16.6 Å². The van der Waals surface area contributed by atoms with Crippen molar-refractivity contribution in [1.82, 2.24) is 0 Å². The monoisotopic (exact) mass is 249 g/mol. The molecule has 0 spiro atoms. The number of nitrogens with two attached hydrogens (primary N) is 1. The molecule has 0 aliphatic carbocycles. The highest BCUT2D eigenvalue weighted by atomic mass is 35.5. The molecule has 1 unspecified atom stereocenters. The van der Waals surface area contributed by atoms with Crippen molar-refractivity contribution in [2.24, 2.45) is 5.73 Å². The van der Waals surface area contributed by atoms with E-state index in [-0.39, 0.29) is 5.02 Å². The summed E-state index contributed by atoms with van der Waals surface area (Å²) in [7, 11) is -0.947. The number of rotatable bonds is 5. The summed E-state index contributed by atoms with van der Waals surface area (Å²) in [6, 6.07) is 4.40. The Balaban J connectivity index is 2.57. The van der Waals surface area contributed by atoms with E-state index in [2.05, 4.69) is 0 Å². The molecule has 1 atom stereocenters. The largest absolute Gasteiger partial charge is 0.330 e. The van der Waals surface area contributed by atoms with Crippen molar-refractivity contribution in [3.05, 3.63) is 34.6 Å². The number of benzene rings is 1. The minimum Gasteiger partial charge on any atom is -0.330 e. The second-order valence-corrected chi connectivity index (χ2v) is 5.16. The highest BCUT2D eigenvalue weighted by Gasteiger charge is 2.04. The smallest absolute Gasteiger partial charge is 0.141 e. The summed E-state index contributed by atoms with van der Waals surface area (Å²) in [6.45, 7) is 0.538. The molecule has 0 saturated heterocycles. The van der Waals surface area contributed by atoms with E-state index in [4.69, 9.17) is 17.3 Å². The maximum absolute atomic E-state index is 12.8. The summed E-state index contributed by atoms with van der Waals surface area (Å²) in [6.07, 6.45) is 0.738. The summed E-state index contributed by atoms with van der Waals surface area (Å²) >= 11 is 5.61. The van der Waals surface area contributed by atoms with E-state index >= 15 is 0 Å². The van der Waals surface area contributed by atoms with Crippen LogP contribution in [0.3, 0.4) is 0 Å². The predicted octanol–water partition coefficient (Wildman–Crippen LogP) is 2.08. The molecule has 1 aromatic carbocycles. The Hall–Kier alpha value is -0.450. The summed E-state index contributed by atoms with van der Waals surface area (Å²) in [5.74, 6) is 0.527. The topological polar surface area (TPSA) is 43.1 Å².